The molecule has 0 bridgehead atoms. The topological polar surface area (TPSA) is 86.7 Å². The summed E-state index contributed by atoms with van der Waals surface area (Å²) >= 11 is 0. The summed E-state index contributed by atoms with van der Waals surface area (Å²) in [6.07, 6.45) is 9.90. The number of nitrogens with zero attached hydrogens (tertiary/aromatic N) is 1. The Morgan fingerprint density at radius 2 is 1.65 bits per heavy atom. The van der Waals surface area contributed by atoms with Gasteiger partial charge in [-0.1, -0.05) is 94.5 Å². The van der Waals surface area contributed by atoms with E-state index in [0.29, 0.717) is 25.4 Å². The second-order valence-corrected chi connectivity index (χ2v) is 18.3. The standard InChI is InChI=1S/C30H48N2O4Si/c1-37(2,3)19-11-18-32(30(35)36)22-27(20-23-12-6-4-7-13-23)31-29(34)26-17-10-16-25(21-26)28(33)24-14-8-5-9-15-24/h5,8-9,14-15,23,25-27H,4,6-7,10-13,16-22H2,1-3H3,(H,31,34)(H,35,36)/t25?,26?,27-/m0/s1. The van der Waals surface area contributed by atoms with Gasteiger partial charge in [0.1, 0.15) is 0 Å². The maximum Gasteiger partial charge on any atom is 0.407 e. The molecule has 206 valence electrons. The largest absolute Gasteiger partial charge is 0.465 e. The lowest BCUT2D eigenvalue weighted by Gasteiger charge is -2.33. The lowest BCUT2D eigenvalue weighted by molar-refractivity contribution is -0.127. The zero-order valence-electron chi connectivity index (χ0n) is 23.2. The van der Waals surface area contributed by atoms with Crippen LogP contribution in [0.3, 0.4) is 0 Å². The average molecular weight is 529 g/mol. The molecule has 2 N–H and O–H groups in total. The molecule has 3 rings (SSSR count). The quantitative estimate of drug-likeness (QED) is 0.230. The van der Waals surface area contributed by atoms with Crippen molar-refractivity contribution in [3.05, 3.63) is 35.9 Å². The van der Waals surface area contributed by atoms with Gasteiger partial charge in [0.05, 0.1) is 0 Å². The Kier molecular flexibility index (Phi) is 11.2. The monoisotopic (exact) mass is 528 g/mol. The number of benzene rings is 1. The number of Topliss-reactive ketones (excluding diaryl/α,β-unsaturated/α-hetero) is 1. The van der Waals surface area contributed by atoms with E-state index in [4.69, 9.17) is 0 Å². The second kappa shape index (κ2) is 14.1. The van der Waals surface area contributed by atoms with Crippen LogP contribution in [-0.2, 0) is 4.79 Å². The lowest BCUT2D eigenvalue weighted by Crippen LogP contribution is -2.49. The minimum Gasteiger partial charge on any atom is -0.465 e. The Morgan fingerprint density at radius 1 is 0.973 bits per heavy atom. The van der Waals surface area contributed by atoms with Crippen molar-refractivity contribution in [2.75, 3.05) is 13.1 Å². The van der Waals surface area contributed by atoms with Crippen LogP contribution in [0.5, 0.6) is 0 Å². The molecular weight excluding hydrogens is 480 g/mol. The Bertz CT molecular complexity index is 879. The molecule has 7 heteroatoms. The fraction of sp³-hybridized carbons (Fsp3) is 0.700. The summed E-state index contributed by atoms with van der Waals surface area (Å²) in [5, 5.41) is 13.2. The van der Waals surface area contributed by atoms with E-state index < -0.39 is 14.2 Å². The molecule has 0 spiro atoms. The van der Waals surface area contributed by atoms with E-state index in [1.165, 1.54) is 24.2 Å². The first-order chi connectivity index (χ1) is 17.6. The van der Waals surface area contributed by atoms with E-state index in [2.05, 4.69) is 25.0 Å². The molecule has 2 aliphatic rings. The molecule has 3 atom stereocenters. The van der Waals surface area contributed by atoms with Gasteiger partial charge in [-0.05, 0) is 38.0 Å². The summed E-state index contributed by atoms with van der Waals surface area (Å²) in [4.78, 5) is 40.1. The van der Waals surface area contributed by atoms with E-state index in [1.807, 2.05) is 30.3 Å². The van der Waals surface area contributed by atoms with Crippen LogP contribution >= 0.6 is 0 Å². The summed E-state index contributed by atoms with van der Waals surface area (Å²) in [5.41, 5.74) is 0.721. The number of nitrogens with one attached hydrogen (secondary N) is 1. The first kappa shape index (κ1) is 29.4. The molecule has 2 unspecified atom stereocenters. The second-order valence-electron chi connectivity index (χ2n) is 12.6. The van der Waals surface area contributed by atoms with Crippen LogP contribution in [-0.4, -0.2) is 55.0 Å². The van der Waals surface area contributed by atoms with Crippen molar-refractivity contribution in [1.29, 1.82) is 0 Å². The van der Waals surface area contributed by atoms with Crippen LogP contribution in [0.25, 0.3) is 0 Å². The van der Waals surface area contributed by atoms with Gasteiger partial charge in [-0.15, -0.1) is 0 Å². The highest BCUT2D eigenvalue weighted by Gasteiger charge is 2.33. The average Bonchev–Trinajstić information content (AvgIpc) is 2.88. The SMILES string of the molecule is C[Si](C)(C)CCCN(C[C@H](CC1CCCCC1)NC(=O)C1CCCC(C(=O)c2ccccc2)C1)C(=O)O. The highest BCUT2D eigenvalue weighted by atomic mass is 28.3. The normalized spacial score (nSPS) is 21.7. The summed E-state index contributed by atoms with van der Waals surface area (Å²) < 4.78 is 0. The zero-order valence-corrected chi connectivity index (χ0v) is 24.2. The molecule has 1 aromatic carbocycles. The number of ketones is 1. The van der Waals surface area contributed by atoms with Crippen LogP contribution in [0.1, 0.15) is 81.0 Å². The number of amides is 2. The molecule has 0 aromatic heterocycles. The van der Waals surface area contributed by atoms with Crippen molar-refractivity contribution >= 4 is 25.9 Å². The fourth-order valence-electron chi connectivity index (χ4n) is 6.16. The zero-order chi connectivity index (χ0) is 26.8. The molecule has 2 aliphatic carbocycles. The van der Waals surface area contributed by atoms with Crippen LogP contribution < -0.4 is 5.32 Å². The number of hydrogen-bond donors (Lipinski definition) is 2. The molecule has 0 heterocycles. The minimum atomic E-state index is -1.24. The maximum atomic E-state index is 13.5. The molecule has 0 radical (unpaired) electrons. The van der Waals surface area contributed by atoms with Crippen LogP contribution in [0, 0.1) is 17.8 Å². The number of carbonyl (C=O) groups is 3. The summed E-state index contributed by atoms with van der Waals surface area (Å²) in [5.74, 6) is 0.358. The Morgan fingerprint density at radius 3 is 2.30 bits per heavy atom. The molecule has 2 amide bonds. The fourth-order valence-corrected chi connectivity index (χ4v) is 7.38. The minimum absolute atomic E-state index is 0.00110. The van der Waals surface area contributed by atoms with Crippen molar-refractivity contribution in [3.63, 3.8) is 0 Å². The van der Waals surface area contributed by atoms with Crippen LogP contribution in [0.4, 0.5) is 4.79 Å². The number of carbonyl (C=O) groups excluding carboxylic acids is 2. The van der Waals surface area contributed by atoms with Gasteiger partial charge in [0.25, 0.3) is 0 Å². The molecule has 37 heavy (non-hydrogen) atoms. The first-order valence-corrected chi connectivity index (χ1v) is 18.2. The summed E-state index contributed by atoms with van der Waals surface area (Å²) in [7, 11) is -1.24. The van der Waals surface area contributed by atoms with Gasteiger partial charge in [0.2, 0.25) is 5.91 Å². The lowest BCUT2D eigenvalue weighted by atomic mass is 9.77. The smallest absolute Gasteiger partial charge is 0.407 e. The third-order valence-corrected chi connectivity index (χ3v) is 10.1. The molecule has 1 aromatic rings. The van der Waals surface area contributed by atoms with Crippen LogP contribution in [0.2, 0.25) is 25.7 Å². The van der Waals surface area contributed by atoms with Crippen LogP contribution in [0.15, 0.2) is 30.3 Å². The van der Waals surface area contributed by atoms with Gasteiger partial charge in [-0.25, -0.2) is 4.79 Å². The highest BCUT2D eigenvalue weighted by Crippen LogP contribution is 2.32. The Balaban J connectivity index is 1.64. The third kappa shape index (κ3) is 9.91. The van der Waals surface area contributed by atoms with Gasteiger partial charge in [-0.3, -0.25) is 9.59 Å². The molecule has 6 nitrogen and oxygen atoms in total. The van der Waals surface area contributed by atoms with Crippen molar-refractivity contribution in [3.8, 4) is 0 Å². The Hall–Kier alpha value is -2.15. The van der Waals surface area contributed by atoms with E-state index in [-0.39, 0.29) is 29.6 Å². The number of carboxylic acid groups (broad SMARTS) is 1. The third-order valence-electron chi connectivity index (χ3n) is 8.23. The first-order valence-electron chi connectivity index (χ1n) is 14.5. The van der Waals surface area contributed by atoms with E-state index >= 15 is 0 Å². The van der Waals surface area contributed by atoms with E-state index in [1.54, 1.807) is 0 Å². The number of rotatable bonds is 12. The van der Waals surface area contributed by atoms with Crippen molar-refractivity contribution < 1.29 is 19.5 Å². The van der Waals surface area contributed by atoms with Gasteiger partial charge >= 0.3 is 6.09 Å². The van der Waals surface area contributed by atoms with Crippen molar-refractivity contribution in [2.45, 2.75) is 102 Å². The Labute approximate surface area is 224 Å². The molecule has 0 aliphatic heterocycles. The van der Waals surface area contributed by atoms with Gasteiger partial charge in [-0.2, -0.15) is 0 Å². The van der Waals surface area contributed by atoms with Gasteiger partial charge < -0.3 is 15.3 Å². The van der Waals surface area contributed by atoms with Crippen molar-refractivity contribution in [1.82, 2.24) is 10.2 Å². The van der Waals surface area contributed by atoms with Crippen molar-refractivity contribution in [2.24, 2.45) is 17.8 Å². The maximum absolute atomic E-state index is 13.5. The summed E-state index contributed by atoms with van der Waals surface area (Å²) in [6.45, 7) is 7.80. The molecule has 0 saturated heterocycles. The van der Waals surface area contributed by atoms with Gasteiger partial charge in [0.15, 0.2) is 5.78 Å². The highest BCUT2D eigenvalue weighted by molar-refractivity contribution is 6.76. The molecule has 2 fully saturated rings. The molecular formula is C30H48N2O4Si. The predicted molar refractivity (Wildman–Crippen MR) is 152 cm³/mol. The van der Waals surface area contributed by atoms with Gasteiger partial charge in [0, 0.05) is 44.6 Å². The predicted octanol–water partition coefficient (Wildman–Crippen LogP) is 6.84. The van der Waals surface area contributed by atoms with E-state index in [9.17, 15) is 19.5 Å². The van der Waals surface area contributed by atoms with E-state index in [0.717, 1.165) is 56.6 Å². The summed E-state index contributed by atoms with van der Waals surface area (Å²) in [6, 6.07) is 10.3. The number of hydrogen-bond acceptors (Lipinski definition) is 3. The molecule has 2 saturated carbocycles.